The number of nitrogens with one attached hydrogen (secondary N) is 1. The van der Waals surface area contributed by atoms with Crippen molar-refractivity contribution in [1.82, 2.24) is 14.7 Å². The average molecular weight is 649 g/mol. The topological polar surface area (TPSA) is 187 Å². The molecular weight excluding hydrogens is 617 g/mol. The Kier molecular flexibility index (Phi) is 10.7. The Morgan fingerprint density at radius 3 is 2.20 bits per heavy atom. The van der Waals surface area contributed by atoms with E-state index in [4.69, 9.17) is 14.7 Å². The van der Waals surface area contributed by atoms with Crippen molar-refractivity contribution in [3.05, 3.63) is 35.4 Å². The molecule has 242 valence electrons. The Labute approximate surface area is 250 Å². The molecule has 2 bridgehead atoms. The number of hydrogen-bond donors (Lipinski definition) is 1. The molecule has 4 rings (SSSR count). The average Bonchev–Trinajstić information content (AvgIpc) is 3.42. The largest absolute Gasteiger partial charge is 0.542 e. The summed E-state index contributed by atoms with van der Waals surface area (Å²) in [5.74, 6) is -5.71. The van der Waals surface area contributed by atoms with Gasteiger partial charge in [-0.1, -0.05) is 19.1 Å². The number of nitrogens with zero attached hydrogens (tertiary/aromatic N) is 3. The first-order valence-corrected chi connectivity index (χ1v) is 15.2. The van der Waals surface area contributed by atoms with E-state index < -0.39 is 45.9 Å². The number of fused-ring (bicyclic) bond motifs is 2. The lowest BCUT2D eigenvalue weighted by Crippen LogP contribution is -2.61. The number of carboxylic acid groups (broad SMARTS) is 1. The van der Waals surface area contributed by atoms with Gasteiger partial charge in [0.05, 0.1) is 18.7 Å². The number of hydroxylamine groups is 2. The Morgan fingerprint density at radius 2 is 1.66 bits per heavy atom. The predicted octanol–water partition coefficient (Wildman–Crippen LogP) is -0.617. The number of imide groups is 1. The number of quaternary nitrogens is 1. The van der Waals surface area contributed by atoms with Crippen molar-refractivity contribution in [3.8, 4) is 0 Å². The molecule has 3 fully saturated rings. The van der Waals surface area contributed by atoms with Crippen molar-refractivity contribution >= 4 is 45.6 Å². The van der Waals surface area contributed by atoms with Crippen LogP contribution in [0.3, 0.4) is 0 Å². The fraction of sp³-hybridized carbons (Fsp3) is 0.538. The van der Waals surface area contributed by atoms with Gasteiger partial charge < -0.3 is 24.5 Å². The van der Waals surface area contributed by atoms with E-state index in [0.29, 0.717) is 47.6 Å². The molecular formula is C26H31F3N4O10S. The SMILES string of the molecule is CCCS(=O)(=O)N1C(=O)C[N+]2(Cc3ccc(C(=O)NCCC(=O)ON4C(=O)CCC4=O)cc3)CCC1C2.O=C([O-])C(F)(F)F. The lowest BCUT2D eigenvalue weighted by atomic mass is 10.1. The predicted molar refractivity (Wildman–Crippen MR) is 140 cm³/mol. The number of carbonyl (C=O) groups excluding carboxylic acids is 6. The molecule has 0 radical (unpaired) electrons. The molecule has 3 heterocycles. The van der Waals surface area contributed by atoms with E-state index in [1.807, 2.05) is 0 Å². The smallest absolute Gasteiger partial charge is 0.430 e. The van der Waals surface area contributed by atoms with Crippen LogP contribution in [0, 0.1) is 0 Å². The molecule has 3 aliphatic rings. The zero-order chi connectivity index (χ0) is 32.9. The molecule has 3 aliphatic heterocycles. The lowest BCUT2D eigenvalue weighted by Gasteiger charge is -2.40. The van der Waals surface area contributed by atoms with E-state index in [0.717, 1.165) is 9.87 Å². The number of carboxylic acids is 1. The molecule has 4 amide bonds. The zero-order valence-corrected chi connectivity index (χ0v) is 24.4. The summed E-state index contributed by atoms with van der Waals surface area (Å²) in [6, 6.07) is 6.61. The van der Waals surface area contributed by atoms with Crippen LogP contribution in [0.15, 0.2) is 24.3 Å². The van der Waals surface area contributed by atoms with E-state index in [1.165, 1.54) is 0 Å². The first kappa shape index (κ1) is 34.4. The van der Waals surface area contributed by atoms with Crippen molar-refractivity contribution in [1.29, 1.82) is 0 Å². The molecule has 1 N–H and O–H groups in total. The molecule has 2 atom stereocenters. The van der Waals surface area contributed by atoms with Gasteiger partial charge in [-0.2, -0.15) is 13.2 Å². The highest BCUT2D eigenvalue weighted by atomic mass is 32.2. The normalized spacial score (nSPS) is 21.5. The van der Waals surface area contributed by atoms with Gasteiger partial charge in [0, 0.05) is 36.9 Å². The fourth-order valence-corrected chi connectivity index (χ4v) is 6.93. The molecule has 1 aromatic carbocycles. The van der Waals surface area contributed by atoms with Gasteiger partial charge in [0.2, 0.25) is 10.0 Å². The second-order valence-electron chi connectivity index (χ2n) is 10.5. The molecule has 0 spiro atoms. The highest BCUT2D eigenvalue weighted by Crippen LogP contribution is 2.33. The number of halogens is 3. The van der Waals surface area contributed by atoms with Gasteiger partial charge in [-0.25, -0.2) is 17.5 Å². The molecule has 18 heteroatoms. The maximum atomic E-state index is 12.8. The van der Waals surface area contributed by atoms with E-state index in [2.05, 4.69) is 5.32 Å². The Balaban J connectivity index is 0.000000676. The third-order valence-corrected chi connectivity index (χ3v) is 9.15. The lowest BCUT2D eigenvalue weighted by molar-refractivity contribution is -0.925. The van der Waals surface area contributed by atoms with E-state index in [9.17, 15) is 45.6 Å². The quantitative estimate of drug-likeness (QED) is 0.253. The first-order chi connectivity index (χ1) is 20.5. The number of hydrogen-bond acceptors (Lipinski definition) is 10. The van der Waals surface area contributed by atoms with Gasteiger partial charge in [0.15, 0.2) is 6.54 Å². The third-order valence-electron chi connectivity index (χ3n) is 7.12. The molecule has 2 unspecified atom stereocenters. The summed E-state index contributed by atoms with van der Waals surface area (Å²) in [4.78, 5) is 73.6. The minimum absolute atomic E-state index is 0.00897. The van der Waals surface area contributed by atoms with Crippen molar-refractivity contribution in [2.45, 2.75) is 57.8 Å². The number of aliphatic carboxylic acids is 1. The molecule has 3 saturated heterocycles. The van der Waals surface area contributed by atoms with Gasteiger partial charge in [-0.15, -0.1) is 5.06 Å². The number of piperazine rings is 1. The van der Waals surface area contributed by atoms with Crippen LogP contribution in [0.2, 0.25) is 0 Å². The van der Waals surface area contributed by atoms with Crippen LogP contribution in [0.1, 0.15) is 54.9 Å². The molecule has 1 aromatic rings. The first-order valence-electron chi connectivity index (χ1n) is 13.6. The number of alkyl halides is 3. The number of carbonyl (C=O) groups is 6. The van der Waals surface area contributed by atoms with Gasteiger partial charge in [-0.3, -0.25) is 19.2 Å². The number of amides is 4. The molecule has 0 aromatic heterocycles. The molecule has 0 aliphatic carbocycles. The number of sulfonamides is 1. The Morgan fingerprint density at radius 1 is 1.07 bits per heavy atom. The van der Waals surface area contributed by atoms with Crippen LogP contribution in [0.25, 0.3) is 0 Å². The van der Waals surface area contributed by atoms with Crippen LogP contribution in [0.4, 0.5) is 13.2 Å². The number of rotatable bonds is 10. The second kappa shape index (κ2) is 13.7. The van der Waals surface area contributed by atoms with E-state index in [1.54, 1.807) is 31.2 Å². The van der Waals surface area contributed by atoms with Crippen LogP contribution >= 0.6 is 0 Å². The van der Waals surface area contributed by atoms with E-state index >= 15 is 0 Å². The summed E-state index contributed by atoms with van der Waals surface area (Å²) in [7, 11) is -3.59. The van der Waals surface area contributed by atoms with Crippen molar-refractivity contribution in [2.75, 3.05) is 31.9 Å². The highest BCUT2D eigenvalue weighted by Gasteiger charge is 2.52. The highest BCUT2D eigenvalue weighted by molar-refractivity contribution is 7.89. The maximum absolute atomic E-state index is 12.8. The maximum Gasteiger partial charge on any atom is 0.430 e. The molecule has 44 heavy (non-hydrogen) atoms. The Bertz CT molecular complexity index is 1400. The summed E-state index contributed by atoms with van der Waals surface area (Å²) < 4.78 is 58.3. The van der Waals surface area contributed by atoms with Crippen LogP contribution in [-0.2, 0) is 45.4 Å². The van der Waals surface area contributed by atoms with E-state index in [-0.39, 0.29) is 50.1 Å². The fourth-order valence-electron chi connectivity index (χ4n) is 5.22. The van der Waals surface area contributed by atoms with Gasteiger partial charge in [-0.05, 0) is 18.6 Å². The summed E-state index contributed by atoms with van der Waals surface area (Å²) in [5.41, 5.74) is 1.31. The summed E-state index contributed by atoms with van der Waals surface area (Å²) >= 11 is 0. The van der Waals surface area contributed by atoms with Crippen LogP contribution < -0.4 is 10.4 Å². The Hall–Kier alpha value is -4.06. The minimum Gasteiger partial charge on any atom is -0.542 e. The second-order valence-corrected chi connectivity index (χ2v) is 12.5. The van der Waals surface area contributed by atoms with Crippen molar-refractivity contribution < 1.29 is 64.8 Å². The zero-order valence-electron chi connectivity index (χ0n) is 23.6. The van der Waals surface area contributed by atoms with Crippen molar-refractivity contribution in [3.63, 3.8) is 0 Å². The monoisotopic (exact) mass is 648 g/mol. The minimum atomic E-state index is -5.19. The summed E-state index contributed by atoms with van der Waals surface area (Å²) in [6.07, 6.45) is -4.29. The number of benzene rings is 1. The molecule has 14 nitrogen and oxygen atoms in total. The van der Waals surface area contributed by atoms with Crippen LogP contribution in [0.5, 0.6) is 0 Å². The third kappa shape index (κ3) is 8.52. The standard InChI is InChI=1S/C24H30N4O8S.C2HF3O2/c1-2-13-37(34,35)27-19-10-12-28(15-19,16-22(27)31)14-17-3-5-18(6-4-17)24(33)25-11-9-23(32)36-26-20(29)7-8-21(26)30;3-2(4,5)1(6)7/h3-6,19H,2,7-16H2,1H3;(H,6,7). The summed E-state index contributed by atoms with van der Waals surface area (Å²) in [5, 5.41) is 11.9. The summed E-state index contributed by atoms with van der Waals surface area (Å²) in [6.45, 7) is 3.73. The van der Waals surface area contributed by atoms with Crippen LogP contribution in [-0.4, -0.2) is 102 Å². The molecule has 0 saturated carbocycles. The van der Waals surface area contributed by atoms with Gasteiger partial charge >= 0.3 is 12.1 Å². The van der Waals surface area contributed by atoms with Gasteiger partial charge in [0.25, 0.3) is 23.6 Å². The van der Waals surface area contributed by atoms with Gasteiger partial charge in [0.1, 0.15) is 25.1 Å². The van der Waals surface area contributed by atoms with Crippen molar-refractivity contribution in [2.24, 2.45) is 0 Å².